The Kier molecular flexibility index (Phi) is 6.36. The van der Waals surface area contributed by atoms with Gasteiger partial charge in [-0.1, -0.05) is 32.0 Å². The quantitative estimate of drug-likeness (QED) is 0.859. The Morgan fingerprint density at radius 2 is 2.05 bits per heavy atom. The van der Waals surface area contributed by atoms with Crippen LogP contribution in [0.4, 0.5) is 10.5 Å². The van der Waals surface area contributed by atoms with E-state index in [-0.39, 0.29) is 6.09 Å². The van der Waals surface area contributed by atoms with Crippen molar-refractivity contribution in [1.29, 1.82) is 0 Å². The average Bonchev–Trinajstić information content (AvgIpc) is 2.38. The average molecular weight is 264 g/mol. The number of ether oxygens (including phenoxy) is 1. The summed E-state index contributed by atoms with van der Waals surface area (Å²) in [7, 11) is 0. The molecule has 4 heteroatoms. The molecular formula is C15H24N2O2. The summed E-state index contributed by atoms with van der Waals surface area (Å²) in [6.45, 7) is 7.60. The summed E-state index contributed by atoms with van der Waals surface area (Å²) in [5, 5.41) is 0. The SMILES string of the molecule is Cc1ccccc1N(CCCN)C(=O)OCC(C)C. The van der Waals surface area contributed by atoms with Gasteiger partial charge in [-0.25, -0.2) is 4.79 Å². The second-order valence-corrected chi connectivity index (χ2v) is 5.05. The summed E-state index contributed by atoms with van der Waals surface area (Å²) in [6.07, 6.45) is 0.460. The molecule has 0 aliphatic carbocycles. The lowest BCUT2D eigenvalue weighted by atomic mass is 10.2. The van der Waals surface area contributed by atoms with Crippen molar-refractivity contribution in [3.8, 4) is 0 Å². The van der Waals surface area contributed by atoms with Gasteiger partial charge in [-0.3, -0.25) is 4.90 Å². The van der Waals surface area contributed by atoms with E-state index in [0.717, 1.165) is 17.7 Å². The Balaban J connectivity index is 2.82. The molecule has 1 aromatic carbocycles. The Morgan fingerprint density at radius 1 is 1.37 bits per heavy atom. The van der Waals surface area contributed by atoms with Gasteiger partial charge in [0.2, 0.25) is 0 Å². The van der Waals surface area contributed by atoms with Crippen LogP contribution in [-0.2, 0) is 4.74 Å². The minimum absolute atomic E-state index is 0.295. The number of carbonyl (C=O) groups excluding carboxylic acids is 1. The summed E-state index contributed by atoms with van der Waals surface area (Å²) in [4.78, 5) is 13.8. The number of carbonyl (C=O) groups is 1. The van der Waals surface area contributed by atoms with Gasteiger partial charge in [0.1, 0.15) is 0 Å². The molecule has 106 valence electrons. The largest absolute Gasteiger partial charge is 0.449 e. The fourth-order valence-corrected chi connectivity index (χ4v) is 1.74. The molecule has 0 fully saturated rings. The van der Waals surface area contributed by atoms with Crippen molar-refractivity contribution >= 4 is 11.8 Å². The van der Waals surface area contributed by atoms with Crippen LogP contribution in [0.1, 0.15) is 25.8 Å². The summed E-state index contributed by atoms with van der Waals surface area (Å²) in [6, 6.07) is 7.80. The van der Waals surface area contributed by atoms with E-state index in [1.807, 2.05) is 45.0 Å². The predicted octanol–water partition coefficient (Wildman–Crippen LogP) is 2.94. The van der Waals surface area contributed by atoms with Gasteiger partial charge < -0.3 is 10.5 Å². The molecule has 1 amide bonds. The van der Waals surface area contributed by atoms with E-state index in [9.17, 15) is 4.79 Å². The van der Waals surface area contributed by atoms with E-state index in [4.69, 9.17) is 10.5 Å². The first-order valence-electron chi connectivity index (χ1n) is 6.76. The number of amides is 1. The fraction of sp³-hybridized carbons (Fsp3) is 0.533. The van der Waals surface area contributed by atoms with Gasteiger partial charge in [-0.2, -0.15) is 0 Å². The molecule has 0 saturated heterocycles. The predicted molar refractivity (Wildman–Crippen MR) is 78.4 cm³/mol. The van der Waals surface area contributed by atoms with E-state index in [1.165, 1.54) is 0 Å². The zero-order valence-corrected chi connectivity index (χ0v) is 12.1. The lowest BCUT2D eigenvalue weighted by molar-refractivity contribution is 0.140. The third-order valence-electron chi connectivity index (χ3n) is 2.75. The molecule has 0 bridgehead atoms. The number of hydrogen-bond acceptors (Lipinski definition) is 3. The van der Waals surface area contributed by atoms with Crippen LogP contribution in [-0.4, -0.2) is 25.8 Å². The Hall–Kier alpha value is -1.55. The third-order valence-corrected chi connectivity index (χ3v) is 2.75. The molecule has 2 N–H and O–H groups in total. The van der Waals surface area contributed by atoms with E-state index < -0.39 is 0 Å². The zero-order valence-electron chi connectivity index (χ0n) is 12.1. The number of nitrogens with two attached hydrogens (primary N) is 1. The molecule has 1 rings (SSSR count). The van der Waals surface area contributed by atoms with Crippen LogP contribution in [0.25, 0.3) is 0 Å². The fourth-order valence-electron chi connectivity index (χ4n) is 1.74. The molecule has 1 aromatic rings. The minimum Gasteiger partial charge on any atom is -0.449 e. The maximum absolute atomic E-state index is 12.2. The molecule has 0 aliphatic rings. The van der Waals surface area contributed by atoms with Crippen molar-refractivity contribution in [1.82, 2.24) is 0 Å². The zero-order chi connectivity index (χ0) is 14.3. The van der Waals surface area contributed by atoms with Gasteiger partial charge in [0.15, 0.2) is 0 Å². The van der Waals surface area contributed by atoms with Crippen LogP contribution >= 0.6 is 0 Å². The number of aryl methyl sites for hydroxylation is 1. The van der Waals surface area contributed by atoms with Crippen molar-refractivity contribution in [2.45, 2.75) is 27.2 Å². The highest BCUT2D eigenvalue weighted by Gasteiger charge is 2.18. The monoisotopic (exact) mass is 264 g/mol. The first-order valence-corrected chi connectivity index (χ1v) is 6.76. The maximum Gasteiger partial charge on any atom is 0.414 e. The first kappa shape index (κ1) is 15.5. The standard InChI is InChI=1S/C15H24N2O2/c1-12(2)11-19-15(18)17(10-6-9-16)14-8-5-4-7-13(14)3/h4-5,7-8,12H,6,9-11,16H2,1-3H3. The molecule has 0 unspecified atom stereocenters. The second-order valence-electron chi connectivity index (χ2n) is 5.05. The van der Waals surface area contributed by atoms with Crippen LogP contribution in [0.2, 0.25) is 0 Å². The number of rotatable bonds is 6. The van der Waals surface area contributed by atoms with Gasteiger partial charge in [0, 0.05) is 12.2 Å². The van der Waals surface area contributed by atoms with Crippen LogP contribution in [0, 0.1) is 12.8 Å². The van der Waals surface area contributed by atoms with Crippen molar-refractivity contribution in [2.75, 3.05) is 24.6 Å². The van der Waals surface area contributed by atoms with E-state index in [1.54, 1.807) is 4.90 Å². The lowest BCUT2D eigenvalue weighted by Crippen LogP contribution is -2.34. The van der Waals surface area contributed by atoms with Gasteiger partial charge in [-0.15, -0.1) is 0 Å². The molecule has 0 atom stereocenters. The van der Waals surface area contributed by atoms with E-state index in [2.05, 4.69) is 0 Å². The maximum atomic E-state index is 12.2. The molecule has 0 aromatic heterocycles. The highest BCUT2D eigenvalue weighted by atomic mass is 16.6. The van der Waals surface area contributed by atoms with Crippen LogP contribution in [0.5, 0.6) is 0 Å². The smallest absolute Gasteiger partial charge is 0.414 e. The van der Waals surface area contributed by atoms with Crippen molar-refractivity contribution in [2.24, 2.45) is 11.7 Å². The Labute approximate surface area is 115 Å². The molecule has 19 heavy (non-hydrogen) atoms. The molecule has 0 aliphatic heterocycles. The van der Waals surface area contributed by atoms with E-state index >= 15 is 0 Å². The molecule has 0 radical (unpaired) electrons. The highest BCUT2D eigenvalue weighted by Crippen LogP contribution is 2.20. The first-order chi connectivity index (χ1) is 9.06. The number of hydrogen-bond donors (Lipinski definition) is 1. The molecule has 0 heterocycles. The molecule has 4 nitrogen and oxygen atoms in total. The summed E-state index contributed by atoms with van der Waals surface area (Å²) in [5.74, 6) is 0.331. The number of nitrogens with zero attached hydrogens (tertiary/aromatic N) is 1. The summed E-state index contributed by atoms with van der Waals surface area (Å²) >= 11 is 0. The summed E-state index contributed by atoms with van der Waals surface area (Å²) in [5.41, 5.74) is 7.49. The topological polar surface area (TPSA) is 55.6 Å². The van der Waals surface area contributed by atoms with Crippen molar-refractivity contribution < 1.29 is 9.53 Å². The Morgan fingerprint density at radius 3 is 2.63 bits per heavy atom. The van der Waals surface area contributed by atoms with Crippen LogP contribution in [0.3, 0.4) is 0 Å². The number of anilines is 1. The lowest BCUT2D eigenvalue weighted by Gasteiger charge is -2.24. The summed E-state index contributed by atoms with van der Waals surface area (Å²) < 4.78 is 5.32. The van der Waals surface area contributed by atoms with Gasteiger partial charge in [0.05, 0.1) is 6.61 Å². The third kappa shape index (κ3) is 4.91. The minimum atomic E-state index is -0.295. The normalized spacial score (nSPS) is 10.6. The molecular weight excluding hydrogens is 240 g/mol. The van der Waals surface area contributed by atoms with Crippen LogP contribution in [0.15, 0.2) is 24.3 Å². The van der Waals surface area contributed by atoms with Gasteiger partial charge in [-0.05, 0) is 37.4 Å². The van der Waals surface area contributed by atoms with E-state index in [0.29, 0.717) is 25.6 Å². The van der Waals surface area contributed by atoms with Gasteiger partial charge >= 0.3 is 6.09 Å². The van der Waals surface area contributed by atoms with Gasteiger partial charge in [0.25, 0.3) is 0 Å². The number of benzene rings is 1. The molecule has 0 saturated carbocycles. The van der Waals surface area contributed by atoms with Crippen LogP contribution < -0.4 is 10.6 Å². The van der Waals surface area contributed by atoms with Crippen molar-refractivity contribution in [3.63, 3.8) is 0 Å². The van der Waals surface area contributed by atoms with Crippen molar-refractivity contribution in [3.05, 3.63) is 29.8 Å². The number of para-hydroxylation sites is 1. The highest BCUT2D eigenvalue weighted by molar-refractivity contribution is 5.88. The second kappa shape index (κ2) is 7.79. The molecule has 0 spiro atoms. The Bertz CT molecular complexity index is 405.